The van der Waals surface area contributed by atoms with E-state index >= 15 is 0 Å². The normalized spacial score (nSPS) is 17.0. The molecule has 0 aromatic heterocycles. The first kappa shape index (κ1) is 25.2. The summed E-state index contributed by atoms with van der Waals surface area (Å²) in [5.74, 6) is 0.921. The van der Waals surface area contributed by atoms with Crippen LogP contribution in [0, 0.1) is 12.7 Å². The van der Waals surface area contributed by atoms with Crippen molar-refractivity contribution < 1.29 is 22.3 Å². The highest BCUT2D eigenvalue weighted by atomic mass is 32.2. The molecular formula is C27H31FN2O4S. The average molecular weight is 499 g/mol. The molecule has 1 aliphatic heterocycles. The summed E-state index contributed by atoms with van der Waals surface area (Å²) in [7, 11) is -0.576. The minimum absolute atomic E-state index is 0.218. The van der Waals surface area contributed by atoms with Crippen molar-refractivity contribution in [3.8, 4) is 11.5 Å². The lowest BCUT2D eigenvalue weighted by Gasteiger charge is -2.41. The van der Waals surface area contributed by atoms with Crippen molar-refractivity contribution >= 4 is 10.0 Å². The van der Waals surface area contributed by atoms with E-state index in [1.165, 1.54) is 12.1 Å². The molecule has 4 rings (SSSR count). The molecule has 1 N–H and O–H groups in total. The largest absolute Gasteiger partial charge is 0.493 e. The Hall–Kier alpha value is -2.94. The van der Waals surface area contributed by atoms with Crippen LogP contribution in [0.1, 0.15) is 35.2 Å². The lowest BCUT2D eigenvalue weighted by molar-refractivity contribution is 0.150. The van der Waals surface area contributed by atoms with Gasteiger partial charge in [0.15, 0.2) is 11.5 Å². The monoisotopic (exact) mass is 498 g/mol. The van der Waals surface area contributed by atoms with Crippen molar-refractivity contribution in [3.05, 3.63) is 88.7 Å². The highest BCUT2D eigenvalue weighted by Crippen LogP contribution is 2.40. The standard InChI is InChI=1S/C27H31FN2O4S/c1-18-8-10-23(11-9-18)35(31,32)29-19(2)27-24-16-26(34-4)25(33-3)15-21(24)12-13-30(27)17-20-6-5-7-22(28)14-20/h5-11,14-16,19,27,29H,12-13,17H2,1-4H3/t19-,27-/m1/s1. The molecule has 0 saturated heterocycles. The third-order valence-corrected chi connectivity index (χ3v) is 8.02. The Morgan fingerprint density at radius 3 is 2.40 bits per heavy atom. The average Bonchev–Trinajstić information content (AvgIpc) is 2.83. The second kappa shape index (κ2) is 10.4. The van der Waals surface area contributed by atoms with Crippen molar-refractivity contribution in [1.82, 2.24) is 9.62 Å². The van der Waals surface area contributed by atoms with Gasteiger partial charge in [0, 0.05) is 19.1 Å². The number of ether oxygens (including phenoxy) is 2. The summed E-state index contributed by atoms with van der Waals surface area (Å²) < 4.78 is 54.3. The number of methoxy groups -OCH3 is 2. The molecule has 0 radical (unpaired) electrons. The molecule has 0 aliphatic carbocycles. The van der Waals surface area contributed by atoms with E-state index in [0.29, 0.717) is 24.6 Å². The molecule has 35 heavy (non-hydrogen) atoms. The van der Waals surface area contributed by atoms with Gasteiger partial charge in [-0.2, -0.15) is 0 Å². The first-order chi connectivity index (χ1) is 16.7. The van der Waals surface area contributed by atoms with Crippen LogP contribution in [0.15, 0.2) is 65.6 Å². The Morgan fingerprint density at radius 2 is 1.74 bits per heavy atom. The number of hydrogen-bond acceptors (Lipinski definition) is 5. The summed E-state index contributed by atoms with van der Waals surface area (Å²) in [6, 6.07) is 16.4. The first-order valence-corrected chi connectivity index (χ1v) is 13.0. The number of benzene rings is 3. The van der Waals surface area contributed by atoms with E-state index in [2.05, 4.69) is 9.62 Å². The van der Waals surface area contributed by atoms with E-state index < -0.39 is 16.1 Å². The van der Waals surface area contributed by atoms with Gasteiger partial charge in [0.25, 0.3) is 0 Å². The number of aryl methyl sites for hydroxylation is 1. The van der Waals surface area contributed by atoms with E-state index in [0.717, 1.165) is 28.7 Å². The van der Waals surface area contributed by atoms with E-state index in [1.54, 1.807) is 44.6 Å². The van der Waals surface area contributed by atoms with Gasteiger partial charge in [-0.25, -0.2) is 17.5 Å². The number of hydrogen-bond donors (Lipinski definition) is 1. The second-order valence-corrected chi connectivity index (χ2v) is 10.6. The van der Waals surface area contributed by atoms with Gasteiger partial charge < -0.3 is 9.47 Å². The van der Waals surface area contributed by atoms with Gasteiger partial charge in [0.05, 0.1) is 25.2 Å². The van der Waals surface area contributed by atoms with Gasteiger partial charge in [0.2, 0.25) is 10.0 Å². The van der Waals surface area contributed by atoms with E-state index in [1.807, 2.05) is 32.0 Å². The van der Waals surface area contributed by atoms with Gasteiger partial charge in [-0.05, 0) is 73.4 Å². The Kier molecular flexibility index (Phi) is 7.44. The summed E-state index contributed by atoms with van der Waals surface area (Å²) >= 11 is 0. The maximum absolute atomic E-state index is 13.9. The number of halogens is 1. The molecule has 186 valence electrons. The van der Waals surface area contributed by atoms with Gasteiger partial charge in [0.1, 0.15) is 5.82 Å². The van der Waals surface area contributed by atoms with Crippen LogP contribution >= 0.6 is 0 Å². The Balaban J connectivity index is 1.72. The maximum Gasteiger partial charge on any atom is 0.240 e. The maximum atomic E-state index is 13.9. The van der Waals surface area contributed by atoms with Crippen molar-refractivity contribution in [2.45, 2.75) is 43.8 Å². The predicted octanol–water partition coefficient (Wildman–Crippen LogP) is 4.62. The van der Waals surface area contributed by atoms with Gasteiger partial charge in [-0.1, -0.05) is 29.8 Å². The molecular weight excluding hydrogens is 467 g/mol. The smallest absolute Gasteiger partial charge is 0.240 e. The van der Waals surface area contributed by atoms with Crippen molar-refractivity contribution in [2.75, 3.05) is 20.8 Å². The number of rotatable bonds is 8. The zero-order valence-electron chi connectivity index (χ0n) is 20.4. The van der Waals surface area contributed by atoms with Gasteiger partial charge in [-0.15, -0.1) is 0 Å². The molecule has 0 bridgehead atoms. The number of nitrogens with zero attached hydrogens (tertiary/aromatic N) is 1. The van der Waals surface area contributed by atoms with Gasteiger partial charge in [-0.3, -0.25) is 4.90 Å². The zero-order chi connectivity index (χ0) is 25.2. The molecule has 1 aliphatic rings. The fourth-order valence-corrected chi connectivity index (χ4v) is 6.00. The van der Waals surface area contributed by atoms with E-state index in [4.69, 9.17) is 9.47 Å². The third-order valence-electron chi connectivity index (χ3n) is 6.45. The van der Waals surface area contributed by atoms with Crippen molar-refractivity contribution in [1.29, 1.82) is 0 Å². The van der Waals surface area contributed by atoms with Crippen molar-refractivity contribution in [2.24, 2.45) is 0 Å². The summed E-state index contributed by atoms with van der Waals surface area (Å²) in [5, 5.41) is 0. The molecule has 3 aromatic carbocycles. The SMILES string of the molecule is COc1cc2c(cc1OC)[C@@H]([C@@H](C)NS(=O)(=O)c1ccc(C)cc1)N(Cc1cccc(F)c1)CC2. The third kappa shape index (κ3) is 5.50. The number of sulfonamides is 1. The minimum Gasteiger partial charge on any atom is -0.493 e. The minimum atomic E-state index is -3.75. The van der Waals surface area contributed by atoms with Crippen LogP contribution in [-0.4, -0.2) is 40.1 Å². The molecule has 6 nitrogen and oxygen atoms in total. The molecule has 2 atom stereocenters. The summed E-state index contributed by atoms with van der Waals surface area (Å²) in [6.45, 7) is 4.94. The number of fused-ring (bicyclic) bond motifs is 1. The first-order valence-electron chi connectivity index (χ1n) is 11.5. The van der Waals surface area contributed by atoms with Crippen LogP contribution in [0.3, 0.4) is 0 Å². The molecule has 0 unspecified atom stereocenters. The predicted molar refractivity (Wildman–Crippen MR) is 134 cm³/mol. The quantitative estimate of drug-likeness (QED) is 0.491. The van der Waals surface area contributed by atoms with Gasteiger partial charge >= 0.3 is 0 Å². The lowest BCUT2D eigenvalue weighted by Crippen LogP contribution is -2.47. The van der Waals surface area contributed by atoms with E-state index in [9.17, 15) is 12.8 Å². The van der Waals surface area contributed by atoms with Crippen LogP contribution in [0.5, 0.6) is 11.5 Å². The molecule has 0 fully saturated rings. The topological polar surface area (TPSA) is 67.9 Å². The van der Waals surface area contributed by atoms with Crippen LogP contribution in [0.25, 0.3) is 0 Å². The summed E-state index contributed by atoms with van der Waals surface area (Å²) in [5.41, 5.74) is 3.85. The Labute approximate surface area is 206 Å². The number of nitrogens with one attached hydrogen (secondary N) is 1. The zero-order valence-corrected chi connectivity index (χ0v) is 21.2. The lowest BCUT2D eigenvalue weighted by atomic mass is 9.88. The molecule has 3 aromatic rings. The Morgan fingerprint density at radius 1 is 1.06 bits per heavy atom. The van der Waals surface area contributed by atoms with Crippen LogP contribution in [0.2, 0.25) is 0 Å². The molecule has 0 spiro atoms. The molecule has 0 saturated carbocycles. The highest BCUT2D eigenvalue weighted by Gasteiger charge is 2.35. The van der Waals surface area contributed by atoms with Crippen molar-refractivity contribution in [3.63, 3.8) is 0 Å². The second-order valence-electron chi connectivity index (χ2n) is 8.92. The van der Waals surface area contributed by atoms with Crippen LogP contribution < -0.4 is 14.2 Å². The fourth-order valence-electron chi connectivity index (χ4n) is 4.76. The summed E-state index contributed by atoms with van der Waals surface area (Å²) in [4.78, 5) is 2.40. The Bertz CT molecular complexity index is 1300. The van der Waals surface area contributed by atoms with Crippen LogP contribution in [0.4, 0.5) is 4.39 Å². The van der Waals surface area contributed by atoms with Crippen LogP contribution in [-0.2, 0) is 23.0 Å². The summed E-state index contributed by atoms with van der Waals surface area (Å²) in [6.07, 6.45) is 0.749. The molecule has 0 amide bonds. The van der Waals surface area contributed by atoms with E-state index in [-0.39, 0.29) is 16.8 Å². The molecule has 1 heterocycles. The molecule has 8 heteroatoms. The highest BCUT2D eigenvalue weighted by molar-refractivity contribution is 7.89. The fraction of sp³-hybridized carbons (Fsp3) is 0.333.